The maximum absolute atomic E-state index is 12.2. The SMILES string of the molecule is O=C(NC(C1CC1)C1CC1)c1cccc(S(=O)(=O)Cl)c1. The van der Waals surface area contributed by atoms with E-state index in [1.807, 2.05) is 0 Å². The van der Waals surface area contributed by atoms with Crippen molar-refractivity contribution in [1.82, 2.24) is 5.32 Å². The lowest BCUT2D eigenvalue weighted by atomic mass is 10.1. The number of benzene rings is 1. The van der Waals surface area contributed by atoms with Crippen LogP contribution in [0.4, 0.5) is 0 Å². The van der Waals surface area contributed by atoms with Crippen LogP contribution in [0, 0.1) is 11.8 Å². The molecule has 2 aliphatic rings. The normalized spacial score (nSPS) is 19.1. The third kappa shape index (κ3) is 3.15. The second kappa shape index (κ2) is 5.04. The Morgan fingerprint density at radius 2 is 1.80 bits per heavy atom. The molecule has 20 heavy (non-hydrogen) atoms. The standard InChI is InChI=1S/C14H16ClNO3S/c15-20(18,19)12-3-1-2-11(8-12)14(17)16-13(9-4-5-9)10-6-7-10/h1-3,8-10,13H,4-7H2,(H,16,17). The van der Waals surface area contributed by atoms with Crippen molar-refractivity contribution in [2.45, 2.75) is 36.6 Å². The Morgan fingerprint density at radius 1 is 1.20 bits per heavy atom. The fourth-order valence-corrected chi connectivity index (χ4v) is 3.35. The summed E-state index contributed by atoms with van der Waals surface area (Å²) in [6.45, 7) is 0. The van der Waals surface area contributed by atoms with E-state index in [-0.39, 0.29) is 16.8 Å². The molecule has 0 heterocycles. The van der Waals surface area contributed by atoms with Crippen LogP contribution in [-0.4, -0.2) is 20.4 Å². The van der Waals surface area contributed by atoms with Crippen molar-refractivity contribution in [3.05, 3.63) is 29.8 Å². The van der Waals surface area contributed by atoms with Crippen molar-refractivity contribution in [1.29, 1.82) is 0 Å². The maximum Gasteiger partial charge on any atom is 0.261 e. The molecule has 1 N–H and O–H groups in total. The molecule has 1 aromatic carbocycles. The molecule has 2 fully saturated rings. The zero-order valence-electron chi connectivity index (χ0n) is 10.9. The van der Waals surface area contributed by atoms with Crippen LogP contribution in [0.1, 0.15) is 36.0 Å². The first kappa shape index (κ1) is 13.9. The fourth-order valence-electron chi connectivity index (χ4n) is 2.55. The fraction of sp³-hybridized carbons (Fsp3) is 0.500. The molecule has 4 nitrogen and oxygen atoms in total. The Kier molecular flexibility index (Phi) is 3.50. The van der Waals surface area contributed by atoms with Gasteiger partial charge in [-0.3, -0.25) is 4.79 Å². The van der Waals surface area contributed by atoms with Gasteiger partial charge in [0.15, 0.2) is 0 Å². The molecule has 3 rings (SSSR count). The molecule has 0 saturated heterocycles. The van der Waals surface area contributed by atoms with Crippen molar-refractivity contribution >= 4 is 25.6 Å². The van der Waals surface area contributed by atoms with Gasteiger partial charge in [-0.2, -0.15) is 0 Å². The topological polar surface area (TPSA) is 63.2 Å². The number of carbonyl (C=O) groups is 1. The van der Waals surface area contributed by atoms with Crippen LogP contribution < -0.4 is 5.32 Å². The molecule has 108 valence electrons. The van der Waals surface area contributed by atoms with Gasteiger partial charge in [-0.15, -0.1) is 0 Å². The van der Waals surface area contributed by atoms with Gasteiger partial charge in [-0.1, -0.05) is 6.07 Å². The summed E-state index contributed by atoms with van der Waals surface area (Å²) in [6.07, 6.45) is 4.71. The molecule has 1 aromatic rings. The van der Waals surface area contributed by atoms with E-state index in [0.29, 0.717) is 17.4 Å². The van der Waals surface area contributed by atoms with E-state index in [9.17, 15) is 13.2 Å². The summed E-state index contributed by atoms with van der Waals surface area (Å²) >= 11 is 0. The van der Waals surface area contributed by atoms with Gasteiger partial charge in [0.1, 0.15) is 0 Å². The van der Waals surface area contributed by atoms with Crippen molar-refractivity contribution in [2.75, 3.05) is 0 Å². The van der Waals surface area contributed by atoms with E-state index in [1.54, 1.807) is 6.07 Å². The number of nitrogens with one attached hydrogen (secondary N) is 1. The molecule has 0 spiro atoms. The number of halogens is 1. The van der Waals surface area contributed by atoms with E-state index < -0.39 is 9.05 Å². The van der Waals surface area contributed by atoms with Gasteiger partial charge in [-0.05, 0) is 55.7 Å². The molecule has 6 heteroatoms. The third-order valence-electron chi connectivity index (χ3n) is 3.94. The molecule has 1 amide bonds. The van der Waals surface area contributed by atoms with E-state index >= 15 is 0 Å². The molecule has 0 unspecified atom stereocenters. The minimum atomic E-state index is -3.80. The van der Waals surface area contributed by atoms with Crippen LogP contribution in [0.3, 0.4) is 0 Å². The average Bonchev–Trinajstić information content (AvgIpc) is 3.28. The predicted octanol–water partition coefficient (Wildman–Crippen LogP) is 2.53. The number of rotatable bonds is 5. The van der Waals surface area contributed by atoms with Crippen molar-refractivity contribution in [3.63, 3.8) is 0 Å². The average molecular weight is 314 g/mol. The Hall–Kier alpha value is -1.07. The van der Waals surface area contributed by atoms with Crippen LogP contribution in [-0.2, 0) is 9.05 Å². The number of carbonyl (C=O) groups excluding carboxylic acids is 1. The molecular formula is C14H16ClNO3S. The van der Waals surface area contributed by atoms with E-state index in [4.69, 9.17) is 10.7 Å². The van der Waals surface area contributed by atoms with Gasteiger partial charge >= 0.3 is 0 Å². The zero-order chi connectivity index (χ0) is 14.3. The Bertz CT molecular complexity index is 624. The minimum absolute atomic E-state index is 0.0405. The summed E-state index contributed by atoms with van der Waals surface area (Å²) in [5.41, 5.74) is 0.345. The molecule has 0 aromatic heterocycles. The summed E-state index contributed by atoms with van der Waals surface area (Å²) < 4.78 is 22.6. The van der Waals surface area contributed by atoms with Crippen molar-refractivity contribution < 1.29 is 13.2 Å². The van der Waals surface area contributed by atoms with Gasteiger partial charge < -0.3 is 5.32 Å². The van der Waals surface area contributed by atoms with E-state index in [0.717, 1.165) is 0 Å². The van der Waals surface area contributed by atoms with Crippen LogP contribution in [0.2, 0.25) is 0 Å². The van der Waals surface area contributed by atoms with Gasteiger partial charge in [-0.25, -0.2) is 8.42 Å². The van der Waals surface area contributed by atoms with Gasteiger partial charge in [0.25, 0.3) is 15.0 Å². The number of amides is 1. The van der Waals surface area contributed by atoms with Gasteiger partial charge in [0, 0.05) is 22.3 Å². The summed E-state index contributed by atoms with van der Waals surface area (Å²) in [5, 5.41) is 3.06. The van der Waals surface area contributed by atoms with E-state index in [1.165, 1.54) is 43.9 Å². The molecule has 0 aliphatic heterocycles. The predicted molar refractivity (Wildman–Crippen MR) is 76.2 cm³/mol. The Morgan fingerprint density at radius 3 is 2.30 bits per heavy atom. The highest BCUT2D eigenvalue weighted by Gasteiger charge is 2.42. The molecule has 0 atom stereocenters. The van der Waals surface area contributed by atoms with Gasteiger partial charge in [0.2, 0.25) is 0 Å². The summed E-state index contributed by atoms with van der Waals surface area (Å²) in [7, 11) is 1.50. The first-order valence-corrected chi connectivity index (χ1v) is 9.11. The highest BCUT2D eigenvalue weighted by Crippen LogP contribution is 2.44. The van der Waals surface area contributed by atoms with E-state index in [2.05, 4.69) is 5.32 Å². The lowest BCUT2D eigenvalue weighted by Crippen LogP contribution is -2.38. The molecular weight excluding hydrogens is 298 g/mol. The van der Waals surface area contributed by atoms with Gasteiger partial charge in [0.05, 0.1) is 4.90 Å². The molecule has 0 bridgehead atoms. The van der Waals surface area contributed by atoms with Crippen LogP contribution >= 0.6 is 10.7 Å². The Labute approximate surface area is 122 Å². The van der Waals surface area contributed by atoms with Crippen molar-refractivity contribution in [3.8, 4) is 0 Å². The third-order valence-corrected chi connectivity index (χ3v) is 5.29. The molecule has 2 aliphatic carbocycles. The largest absolute Gasteiger partial charge is 0.349 e. The summed E-state index contributed by atoms with van der Waals surface area (Å²) in [4.78, 5) is 12.2. The highest BCUT2D eigenvalue weighted by atomic mass is 35.7. The summed E-state index contributed by atoms with van der Waals surface area (Å²) in [6, 6.07) is 6.11. The lowest BCUT2D eigenvalue weighted by molar-refractivity contribution is 0.0926. The second-order valence-corrected chi connectivity index (χ2v) is 8.21. The van der Waals surface area contributed by atoms with Crippen LogP contribution in [0.15, 0.2) is 29.2 Å². The smallest absolute Gasteiger partial charge is 0.261 e. The second-order valence-electron chi connectivity index (χ2n) is 5.64. The van der Waals surface area contributed by atoms with Crippen LogP contribution in [0.5, 0.6) is 0 Å². The van der Waals surface area contributed by atoms with Crippen molar-refractivity contribution in [2.24, 2.45) is 11.8 Å². The zero-order valence-corrected chi connectivity index (χ0v) is 12.5. The maximum atomic E-state index is 12.2. The lowest BCUT2D eigenvalue weighted by Gasteiger charge is -2.17. The number of hydrogen-bond acceptors (Lipinski definition) is 3. The minimum Gasteiger partial charge on any atom is -0.349 e. The molecule has 2 saturated carbocycles. The quantitative estimate of drug-likeness (QED) is 0.850. The van der Waals surface area contributed by atoms with Crippen LogP contribution in [0.25, 0.3) is 0 Å². The Balaban J connectivity index is 1.76. The monoisotopic (exact) mass is 313 g/mol. The highest BCUT2D eigenvalue weighted by molar-refractivity contribution is 8.13. The number of hydrogen-bond donors (Lipinski definition) is 1. The molecule has 0 radical (unpaired) electrons. The first-order valence-electron chi connectivity index (χ1n) is 6.81. The summed E-state index contributed by atoms with van der Waals surface area (Å²) in [5.74, 6) is 0.994. The first-order chi connectivity index (χ1) is 9.45.